The number of carbonyl (C=O) groups is 2. The van der Waals surface area contributed by atoms with Gasteiger partial charge in [0, 0.05) is 16.9 Å². The van der Waals surface area contributed by atoms with Gasteiger partial charge < -0.3 is 15.8 Å². The van der Waals surface area contributed by atoms with Gasteiger partial charge in [-0.25, -0.2) is 9.78 Å². The van der Waals surface area contributed by atoms with Gasteiger partial charge in [0.25, 0.3) is 5.91 Å². The number of carbonyl (C=O) groups excluding carboxylic acids is 2. The largest absolute Gasteiger partial charge is 0.467 e. The number of amides is 1. The molecule has 0 aliphatic heterocycles. The number of thiazole rings is 1. The Morgan fingerprint density at radius 1 is 1.32 bits per heavy atom. The average Bonchev–Trinajstić information content (AvgIpc) is 3.22. The zero-order valence-corrected chi connectivity index (χ0v) is 17.9. The highest BCUT2D eigenvalue weighted by Crippen LogP contribution is 2.21. The molecule has 28 heavy (non-hydrogen) atoms. The summed E-state index contributed by atoms with van der Waals surface area (Å²) in [5.41, 5.74) is 7.57. The molecular formula is C20H27N3O3S2. The van der Waals surface area contributed by atoms with Crippen molar-refractivity contribution >= 4 is 35.0 Å². The molecule has 1 aromatic heterocycles. The molecule has 2 atom stereocenters. The zero-order valence-electron chi connectivity index (χ0n) is 16.2. The van der Waals surface area contributed by atoms with Crippen molar-refractivity contribution in [2.45, 2.75) is 44.0 Å². The summed E-state index contributed by atoms with van der Waals surface area (Å²) in [7, 11) is 1.32. The van der Waals surface area contributed by atoms with E-state index < -0.39 is 12.0 Å². The maximum atomic E-state index is 12.5. The number of rotatable bonds is 11. The van der Waals surface area contributed by atoms with Crippen molar-refractivity contribution in [3.63, 3.8) is 0 Å². The van der Waals surface area contributed by atoms with E-state index in [0.29, 0.717) is 5.75 Å². The Bertz CT molecular complexity index is 752. The number of unbranched alkanes of at least 4 members (excludes halogenated alkanes) is 1. The molecule has 0 saturated heterocycles. The summed E-state index contributed by atoms with van der Waals surface area (Å²) in [5.74, 6) is 0.308. The molecule has 0 aliphatic rings. The van der Waals surface area contributed by atoms with Crippen molar-refractivity contribution in [3.8, 4) is 0 Å². The predicted octanol–water partition coefficient (Wildman–Crippen LogP) is 3.54. The minimum atomic E-state index is -0.731. The SMILES string of the molecule is CCCCC(N)c1nc(C(=O)NC(CSCc2ccccc2)C(=O)OC)cs1. The van der Waals surface area contributed by atoms with E-state index in [9.17, 15) is 9.59 Å². The second kappa shape index (κ2) is 11.8. The maximum Gasteiger partial charge on any atom is 0.329 e. The monoisotopic (exact) mass is 421 g/mol. The Hall–Kier alpha value is -1.90. The first-order valence-electron chi connectivity index (χ1n) is 9.26. The topological polar surface area (TPSA) is 94.3 Å². The highest BCUT2D eigenvalue weighted by molar-refractivity contribution is 7.98. The smallest absolute Gasteiger partial charge is 0.329 e. The Labute approximate surface area is 174 Å². The van der Waals surface area contributed by atoms with Gasteiger partial charge in [-0.05, 0) is 12.0 Å². The molecule has 2 rings (SSSR count). The number of benzene rings is 1. The second-order valence-electron chi connectivity index (χ2n) is 6.37. The summed E-state index contributed by atoms with van der Waals surface area (Å²) in [6.45, 7) is 2.11. The summed E-state index contributed by atoms with van der Waals surface area (Å²) in [5, 5.41) is 5.16. The Kier molecular flexibility index (Phi) is 9.46. The fraction of sp³-hybridized carbons (Fsp3) is 0.450. The summed E-state index contributed by atoms with van der Waals surface area (Å²) < 4.78 is 4.83. The third-order valence-corrected chi connectivity index (χ3v) is 6.21. The summed E-state index contributed by atoms with van der Waals surface area (Å²) in [4.78, 5) is 29.0. The van der Waals surface area contributed by atoms with Gasteiger partial charge in [-0.15, -0.1) is 11.3 Å². The number of hydrogen-bond acceptors (Lipinski definition) is 7. The number of nitrogens with two attached hydrogens (primary N) is 1. The number of ether oxygens (including phenoxy) is 1. The number of nitrogens with one attached hydrogen (secondary N) is 1. The van der Waals surface area contributed by atoms with Crippen LogP contribution in [0.3, 0.4) is 0 Å². The quantitative estimate of drug-likeness (QED) is 0.539. The van der Waals surface area contributed by atoms with Crippen LogP contribution in [0.15, 0.2) is 35.7 Å². The molecule has 2 aromatic rings. The Morgan fingerprint density at radius 2 is 2.07 bits per heavy atom. The zero-order chi connectivity index (χ0) is 20.4. The normalized spacial score (nSPS) is 13.0. The van der Waals surface area contributed by atoms with Crippen LogP contribution >= 0.6 is 23.1 Å². The van der Waals surface area contributed by atoms with Crippen molar-refractivity contribution in [1.82, 2.24) is 10.3 Å². The molecule has 8 heteroatoms. The lowest BCUT2D eigenvalue weighted by atomic mass is 10.1. The van der Waals surface area contributed by atoms with E-state index in [1.54, 1.807) is 17.1 Å². The first-order chi connectivity index (χ1) is 13.5. The van der Waals surface area contributed by atoms with Crippen LogP contribution in [0, 0.1) is 0 Å². The standard InChI is InChI=1S/C20H27N3O3S2/c1-3-4-10-15(21)19-23-16(13-28-19)18(24)22-17(20(25)26-2)12-27-11-14-8-6-5-7-9-14/h5-9,13,15,17H,3-4,10-12,21H2,1-2H3,(H,22,24). The van der Waals surface area contributed by atoms with E-state index in [1.165, 1.54) is 18.4 Å². The molecule has 0 bridgehead atoms. The van der Waals surface area contributed by atoms with Crippen molar-refractivity contribution in [2.24, 2.45) is 5.73 Å². The molecule has 3 N–H and O–H groups in total. The minimum Gasteiger partial charge on any atom is -0.467 e. The van der Waals surface area contributed by atoms with Gasteiger partial charge >= 0.3 is 5.97 Å². The molecule has 1 aromatic carbocycles. The molecule has 1 amide bonds. The lowest BCUT2D eigenvalue weighted by molar-refractivity contribution is -0.142. The molecule has 6 nitrogen and oxygen atoms in total. The van der Waals surface area contributed by atoms with Crippen LogP contribution in [0.4, 0.5) is 0 Å². The highest BCUT2D eigenvalue weighted by atomic mass is 32.2. The molecule has 152 valence electrons. The number of aromatic nitrogens is 1. The predicted molar refractivity (Wildman–Crippen MR) is 114 cm³/mol. The van der Waals surface area contributed by atoms with E-state index in [-0.39, 0.29) is 17.6 Å². The van der Waals surface area contributed by atoms with Crippen LogP contribution < -0.4 is 11.1 Å². The summed E-state index contributed by atoms with van der Waals surface area (Å²) in [6.07, 6.45) is 2.92. The third-order valence-electron chi connectivity index (χ3n) is 4.13. The second-order valence-corrected chi connectivity index (χ2v) is 8.29. The maximum absolute atomic E-state index is 12.5. The van der Waals surface area contributed by atoms with Crippen LogP contribution in [0.25, 0.3) is 0 Å². The minimum absolute atomic E-state index is 0.163. The number of nitrogens with zero attached hydrogens (tertiary/aromatic N) is 1. The lowest BCUT2D eigenvalue weighted by Crippen LogP contribution is -2.43. The number of hydrogen-bond donors (Lipinski definition) is 2. The fourth-order valence-corrected chi connectivity index (χ4v) is 4.36. The molecule has 0 saturated carbocycles. The van der Waals surface area contributed by atoms with E-state index >= 15 is 0 Å². The van der Waals surface area contributed by atoms with E-state index in [0.717, 1.165) is 35.6 Å². The first-order valence-corrected chi connectivity index (χ1v) is 11.3. The van der Waals surface area contributed by atoms with Gasteiger partial charge in [-0.2, -0.15) is 11.8 Å². The van der Waals surface area contributed by atoms with Crippen LogP contribution in [-0.4, -0.2) is 35.8 Å². The van der Waals surface area contributed by atoms with Crippen LogP contribution in [-0.2, 0) is 15.3 Å². The molecule has 0 aliphatic carbocycles. The first kappa shape index (κ1) is 22.4. The number of methoxy groups -OCH3 is 1. The molecule has 0 radical (unpaired) electrons. The van der Waals surface area contributed by atoms with Gasteiger partial charge in [0.1, 0.15) is 16.7 Å². The van der Waals surface area contributed by atoms with Crippen molar-refractivity contribution in [2.75, 3.05) is 12.9 Å². The number of thioether (sulfide) groups is 1. The molecular weight excluding hydrogens is 394 g/mol. The lowest BCUT2D eigenvalue weighted by Gasteiger charge is -2.15. The van der Waals surface area contributed by atoms with Crippen LogP contribution in [0.1, 0.15) is 53.3 Å². The van der Waals surface area contributed by atoms with E-state index in [1.807, 2.05) is 30.3 Å². The Morgan fingerprint density at radius 3 is 2.75 bits per heavy atom. The number of esters is 1. The summed E-state index contributed by atoms with van der Waals surface area (Å²) >= 11 is 2.94. The van der Waals surface area contributed by atoms with Gasteiger partial charge in [-0.1, -0.05) is 50.1 Å². The van der Waals surface area contributed by atoms with Gasteiger partial charge in [0.2, 0.25) is 0 Å². The van der Waals surface area contributed by atoms with Gasteiger partial charge in [0.05, 0.1) is 13.2 Å². The highest BCUT2D eigenvalue weighted by Gasteiger charge is 2.24. The Balaban J connectivity index is 1.93. The van der Waals surface area contributed by atoms with Crippen molar-refractivity contribution in [3.05, 3.63) is 52.0 Å². The van der Waals surface area contributed by atoms with E-state index in [4.69, 9.17) is 10.5 Å². The fourth-order valence-electron chi connectivity index (χ4n) is 2.52. The van der Waals surface area contributed by atoms with Crippen LogP contribution in [0.2, 0.25) is 0 Å². The molecule has 2 unspecified atom stereocenters. The van der Waals surface area contributed by atoms with Crippen molar-refractivity contribution < 1.29 is 14.3 Å². The summed E-state index contributed by atoms with van der Waals surface area (Å²) in [6, 6.07) is 9.06. The van der Waals surface area contributed by atoms with E-state index in [2.05, 4.69) is 17.2 Å². The molecule has 0 spiro atoms. The third kappa shape index (κ3) is 6.92. The molecule has 1 heterocycles. The van der Waals surface area contributed by atoms with Gasteiger partial charge in [-0.3, -0.25) is 4.79 Å². The average molecular weight is 422 g/mol. The van der Waals surface area contributed by atoms with Gasteiger partial charge in [0.15, 0.2) is 0 Å². The molecule has 0 fully saturated rings. The van der Waals surface area contributed by atoms with Crippen molar-refractivity contribution in [1.29, 1.82) is 0 Å². The van der Waals surface area contributed by atoms with Crippen LogP contribution in [0.5, 0.6) is 0 Å².